The monoisotopic (exact) mass is 311 g/mol. The van der Waals surface area contributed by atoms with Crippen molar-refractivity contribution in [3.8, 4) is 0 Å². The Kier molecular flexibility index (Phi) is 4.47. The summed E-state index contributed by atoms with van der Waals surface area (Å²) < 4.78 is 0.949. The fraction of sp³-hybridized carbons (Fsp3) is 0.462. The zero-order valence-corrected chi connectivity index (χ0v) is 11.8. The van der Waals surface area contributed by atoms with Crippen LogP contribution in [0.15, 0.2) is 22.7 Å². The molecular formula is C13H18BrN3O. The van der Waals surface area contributed by atoms with Crippen molar-refractivity contribution >= 4 is 33.2 Å². The van der Waals surface area contributed by atoms with Crippen LogP contribution in [0.4, 0.5) is 11.4 Å². The third-order valence-corrected chi connectivity index (χ3v) is 3.49. The van der Waals surface area contributed by atoms with Crippen LogP contribution < -0.4 is 16.4 Å². The second kappa shape index (κ2) is 6.09. The van der Waals surface area contributed by atoms with Gasteiger partial charge in [-0.1, -0.05) is 0 Å². The molecule has 1 aromatic carbocycles. The van der Waals surface area contributed by atoms with E-state index in [0.29, 0.717) is 12.5 Å². The summed E-state index contributed by atoms with van der Waals surface area (Å²) in [6.07, 6.45) is 3.69. The third kappa shape index (κ3) is 4.22. The van der Waals surface area contributed by atoms with Crippen LogP contribution in [0, 0.1) is 0 Å². The number of anilines is 2. The van der Waals surface area contributed by atoms with E-state index >= 15 is 0 Å². The predicted octanol–water partition coefficient (Wildman–Crippen LogP) is 2.50. The minimum atomic E-state index is 0.163. The van der Waals surface area contributed by atoms with Crippen molar-refractivity contribution in [3.63, 3.8) is 0 Å². The van der Waals surface area contributed by atoms with E-state index < -0.39 is 0 Å². The van der Waals surface area contributed by atoms with E-state index in [4.69, 9.17) is 5.73 Å². The maximum atomic E-state index is 11.5. The quantitative estimate of drug-likeness (QED) is 0.558. The molecule has 4 nitrogen and oxygen atoms in total. The highest BCUT2D eigenvalue weighted by Gasteiger charge is 2.22. The number of nitrogens with one attached hydrogen (secondary N) is 2. The minimum absolute atomic E-state index is 0.163. The molecule has 98 valence electrons. The molecule has 4 N–H and O–H groups in total. The summed E-state index contributed by atoms with van der Waals surface area (Å²) in [4.78, 5) is 11.5. The van der Waals surface area contributed by atoms with Crippen molar-refractivity contribution in [1.29, 1.82) is 0 Å². The van der Waals surface area contributed by atoms with Gasteiger partial charge in [0.25, 0.3) is 0 Å². The highest BCUT2D eigenvalue weighted by molar-refractivity contribution is 9.10. The molecule has 1 aromatic rings. The summed E-state index contributed by atoms with van der Waals surface area (Å²) in [5.41, 5.74) is 7.40. The molecule has 0 saturated heterocycles. The minimum Gasteiger partial charge on any atom is -0.399 e. The number of carbonyl (C=O) groups excluding carboxylic acids is 1. The van der Waals surface area contributed by atoms with Crippen molar-refractivity contribution in [2.75, 3.05) is 17.6 Å². The lowest BCUT2D eigenvalue weighted by atomic mass is 10.2. The van der Waals surface area contributed by atoms with Crippen molar-refractivity contribution in [3.05, 3.63) is 22.7 Å². The Balaban J connectivity index is 1.66. The van der Waals surface area contributed by atoms with Crippen LogP contribution >= 0.6 is 15.9 Å². The van der Waals surface area contributed by atoms with Gasteiger partial charge in [-0.15, -0.1) is 0 Å². The first kappa shape index (κ1) is 13.2. The largest absolute Gasteiger partial charge is 0.399 e. The standard InChI is InChI=1S/C13H18BrN3O/c14-11-8-9(15)3-6-12(11)16-7-1-2-13(18)17-10-4-5-10/h3,6,8,10,16H,1-2,4-5,7,15H2,(H,17,18). The van der Waals surface area contributed by atoms with Gasteiger partial charge in [-0.3, -0.25) is 4.79 Å². The van der Waals surface area contributed by atoms with E-state index in [2.05, 4.69) is 26.6 Å². The van der Waals surface area contributed by atoms with Gasteiger partial charge in [-0.05, 0) is 53.4 Å². The summed E-state index contributed by atoms with van der Waals surface area (Å²) in [6.45, 7) is 0.778. The zero-order valence-electron chi connectivity index (χ0n) is 10.2. The van der Waals surface area contributed by atoms with Gasteiger partial charge in [0.15, 0.2) is 0 Å². The van der Waals surface area contributed by atoms with Gasteiger partial charge >= 0.3 is 0 Å². The van der Waals surface area contributed by atoms with Gasteiger partial charge in [0.1, 0.15) is 0 Å². The first-order valence-corrected chi connectivity index (χ1v) is 7.03. The van der Waals surface area contributed by atoms with Crippen LogP contribution in [0.1, 0.15) is 25.7 Å². The molecule has 0 aliphatic heterocycles. The van der Waals surface area contributed by atoms with E-state index in [-0.39, 0.29) is 5.91 Å². The SMILES string of the molecule is Nc1ccc(NCCCC(=O)NC2CC2)c(Br)c1. The smallest absolute Gasteiger partial charge is 0.220 e. The molecule has 0 heterocycles. The van der Waals surface area contributed by atoms with E-state index in [9.17, 15) is 4.79 Å². The molecule has 0 spiro atoms. The second-order valence-corrected chi connectivity index (χ2v) is 5.47. The zero-order chi connectivity index (χ0) is 13.0. The van der Waals surface area contributed by atoms with Crippen LogP contribution in [0.5, 0.6) is 0 Å². The van der Waals surface area contributed by atoms with Crippen molar-refractivity contribution < 1.29 is 4.79 Å². The summed E-state index contributed by atoms with van der Waals surface area (Å²) in [7, 11) is 0. The van der Waals surface area contributed by atoms with Crippen molar-refractivity contribution in [2.45, 2.75) is 31.7 Å². The van der Waals surface area contributed by atoms with E-state index in [0.717, 1.165) is 41.7 Å². The first-order chi connectivity index (χ1) is 8.65. The molecule has 5 heteroatoms. The van der Waals surface area contributed by atoms with Crippen molar-refractivity contribution in [1.82, 2.24) is 5.32 Å². The summed E-state index contributed by atoms with van der Waals surface area (Å²) in [5.74, 6) is 0.163. The molecule has 1 aliphatic carbocycles. The van der Waals surface area contributed by atoms with Gasteiger partial charge in [0.2, 0.25) is 5.91 Å². The average Bonchev–Trinajstić information content (AvgIpc) is 3.10. The fourth-order valence-electron chi connectivity index (χ4n) is 1.67. The lowest BCUT2D eigenvalue weighted by Gasteiger charge is -2.09. The van der Waals surface area contributed by atoms with E-state index in [1.807, 2.05) is 18.2 Å². The second-order valence-electron chi connectivity index (χ2n) is 4.61. The number of hydrogen-bond acceptors (Lipinski definition) is 3. The molecule has 0 unspecified atom stereocenters. The molecule has 18 heavy (non-hydrogen) atoms. The maximum absolute atomic E-state index is 11.5. The Hall–Kier alpha value is -1.23. The van der Waals surface area contributed by atoms with E-state index in [1.165, 1.54) is 0 Å². The highest BCUT2D eigenvalue weighted by atomic mass is 79.9. The Labute approximate surface area is 115 Å². The van der Waals surface area contributed by atoms with Gasteiger partial charge in [0.05, 0.1) is 0 Å². The molecule has 2 rings (SSSR count). The van der Waals surface area contributed by atoms with Gasteiger partial charge in [-0.25, -0.2) is 0 Å². The van der Waals surface area contributed by atoms with Crippen LogP contribution in [-0.2, 0) is 4.79 Å². The number of nitrogen functional groups attached to an aromatic ring is 1. The number of benzene rings is 1. The number of nitrogens with two attached hydrogens (primary N) is 1. The van der Waals surface area contributed by atoms with Gasteiger partial charge < -0.3 is 16.4 Å². The Bertz CT molecular complexity index is 432. The lowest BCUT2D eigenvalue weighted by molar-refractivity contribution is -0.121. The number of hydrogen-bond donors (Lipinski definition) is 3. The Morgan fingerprint density at radius 1 is 1.44 bits per heavy atom. The van der Waals surface area contributed by atoms with Crippen LogP contribution in [0.2, 0.25) is 0 Å². The highest BCUT2D eigenvalue weighted by Crippen LogP contribution is 2.24. The molecular weight excluding hydrogens is 294 g/mol. The van der Waals surface area contributed by atoms with Crippen LogP contribution in [-0.4, -0.2) is 18.5 Å². The Morgan fingerprint density at radius 3 is 2.89 bits per heavy atom. The number of carbonyl (C=O) groups is 1. The topological polar surface area (TPSA) is 67.1 Å². The lowest BCUT2D eigenvalue weighted by Crippen LogP contribution is -2.25. The molecule has 1 saturated carbocycles. The molecule has 0 radical (unpaired) electrons. The number of rotatable bonds is 6. The van der Waals surface area contributed by atoms with Crippen molar-refractivity contribution in [2.24, 2.45) is 0 Å². The van der Waals surface area contributed by atoms with Gasteiger partial charge in [-0.2, -0.15) is 0 Å². The summed E-state index contributed by atoms with van der Waals surface area (Å²) in [5, 5.41) is 6.26. The van der Waals surface area contributed by atoms with Gasteiger partial charge in [0, 0.05) is 34.9 Å². The molecule has 0 aromatic heterocycles. The number of amides is 1. The molecule has 0 atom stereocenters. The number of halogens is 1. The predicted molar refractivity (Wildman–Crippen MR) is 77.4 cm³/mol. The third-order valence-electron chi connectivity index (χ3n) is 2.83. The van der Waals surface area contributed by atoms with Crippen LogP contribution in [0.25, 0.3) is 0 Å². The van der Waals surface area contributed by atoms with E-state index in [1.54, 1.807) is 0 Å². The molecule has 1 fully saturated rings. The fourth-order valence-corrected chi connectivity index (χ4v) is 2.21. The normalized spacial score (nSPS) is 14.3. The van der Waals surface area contributed by atoms with Crippen LogP contribution in [0.3, 0.4) is 0 Å². The first-order valence-electron chi connectivity index (χ1n) is 6.23. The molecule has 1 amide bonds. The summed E-state index contributed by atoms with van der Waals surface area (Å²) in [6, 6.07) is 6.11. The summed E-state index contributed by atoms with van der Waals surface area (Å²) >= 11 is 3.45. The maximum Gasteiger partial charge on any atom is 0.220 e. The molecule has 1 aliphatic rings. The average molecular weight is 312 g/mol. The molecule has 0 bridgehead atoms. The Morgan fingerprint density at radius 2 is 2.22 bits per heavy atom.